The second kappa shape index (κ2) is 6.83. The molecule has 2 unspecified atom stereocenters. The Morgan fingerprint density at radius 3 is 2.33 bits per heavy atom. The lowest BCUT2D eigenvalue weighted by atomic mass is 9.79. The van der Waals surface area contributed by atoms with E-state index in [4.69, 9.17) is 9.84 Å². The Balaban J connectivity index is 0.00000106. The minimum absolute atomic E-state index is 0.0406. The zero-order valence-corrected chi connectivity index (χ0v) is 15.0. The second-order valence-corrected chi connectivity index (χ2v) is 6.73. The van der Waals surface area contributed by atoms with Gasteiger partial charge in [0.1, 0.15) is 11.4 Å². The van der Waals surface area contributed by atoms with E-state index in [2.05, 4.69) is 54.5 Å². The Bertz CT molecular complexity index is 493. The van der Waals surface area contributed by atoms with Gasteiger partial charge < -0.3 is 9.84 Å². The Hall–Kier alpha value is -1.02. The minimum atomic E-state index is -0.0406. The molecule has 1 aromatic carbocycles. The number of benzene rings is 1. The van der Waals surface area contributed by atoms with Crippen LogP contribution < -0.4 is 4.74 Å². The van der Waals surface area contributed by atoms with Gasteiger partial charge in [0.05, 0.1) is 0 Å². The summed E-state index contributed by atoms with van der Waals surface area (Å²) in [6.45, 7) is 15.8. The molecule has 1 aromatic rings. The Morgan fingerprint density at radius 2 is 1.81 bits per heavy atom. The van der Waals surface area contributed by atoms with E-state index in [1.165, 1.54) is 28.7 Å². The van der Waals surface area contributed by atoms with Crippen molar-refractivity contribution in [2.45, 2.75) is 72.8 Å². The lowest BCUT2D eigenvalue weighted by Crippen LogP contribution is -2.35. The average molecular weight is 292 g/mol. The van der Waals surface area contributed by atoms with Crippen LogP contribution in [0.5, 0.6) is 5.75 Å². The van der Waals surface area contributed by atoms with Crippen molar-refractivity contribution in [3.8, 4) is 5.75 Å². The fraction of sp³-hybridized carbons (Fsp3) is 0.684. The fourth-order valence-corrected chi connectivity index (χ4v) is 3.42. The smallest absolute Gasteiger partial charge is 0.127 e. The first-order valence-electron chi connectivity index (χ1n) is 8.04. The van der Waals surface area contributed by atoms with Gasteiger partial charge in [0.15, 0.2) is 0 Å². The molecule has 1 aliphatic rings. The molecule has 0 aliphatic carbocycles. The quantitative estimate of drug-likeness (QED) is 0.857. The summed E-state index contributed by atoms with van der Waals surface area (Å²) in [5.74, 6) is 2.36. The molecule has 1 aliphatic heterocycles. The van der Waals surface area contributed by atoms with Crippen molar-refractivity contribution in [3.63, 3.8) is 0 Å². The van der Waals surface area contributed by atoms with Crippen molar-refractivity contribution < 1.29 is 9.84 Å². The fourth-order valence-electron chi connectivity index (χ4n) is 3.42. The largest absolute Gasteiger partial charge is 0.486 e. The van der Waals surface area contributed by atoms with Crippen LogP contribution in [0.1, 0.15) is 68.7 Å². The van der Waals surface area contributed by atoms with E-state index in [1.54, 1.807) is 0 Å². The standard InChI is InChI=1S/C18H28O.CH4O/c1-8-11(2)10-18(7)15(6)16-13(4)9-12(3)14(5)17(16)19-18;1-2/h9,11,15H,8,10H2,1-7H3;2H,1H3/t11?,15-,18?;/m1./s1. The topological polar surface area (TPSA) is 29.5 Å². The van der Waals surface area contributed by atoms with Gasteiger partial charge in [-0.1, -0.05) is 33.3 Å². The van der Waals surface area contributed by atoms with Crippen LogP contribution in [0.3, 0.4) is 0 Å². The predicted octanol–water partition coefficient (Wildman–Crippen LogP) is 4.91. The van der Waals surface area contributed by atoms with Gasteiger partial charge in [0.2, 0.25) is 0 Å². The Morgan fingerprint density at radius 1 is 1.24 bits per heavy atom. The number of aryl methyl sites for hydroxylation is 2. The zero-order valence-electron chi connectivity index (χ0n) is 15.0. The average Bonchev–Trinajstić information content (AvgIpc) is 2.71. The van der Waals surface area contributed by atoms with Gasteiger partial charge in [-0.15, -0.1) is 0 Å². The Kier molecular flexibility index (Phi) is 5.86. The highest BCUT2D eigenvalue weighted by Crippen LogP contribution is 2.50. The molecule has 21 heavy (non-hydrogen) atoms. The number of aliphatic hydroxyl groups is 1. The molecule has 0 saturated heterocycles. The number of rotatable bonds is 3. The summed E-state index contributed by atoms with van der Waals surface area (Å²) >= 11 is 0. The maximum Gasteiger partial charge on any atom is 0.127 e. The highest BCUT2D eigenvalue weighted by Gasteiger charge is 2.44. The summed E-state index contributed by atoms with van der Waals surface area (Å²) in [5, 5.41) is 7.00. The summed E-state index contributed by atoms with van der Waals surface area (Å²) in [6.07, 6.45) is 2.36. The zero-order chi connectivity index (χ0) is 16.4. The molecular formula is C19H32O2. The van der Waals surface area contributed by atoms with Crippen molar-refractivity contribution in [3.05, 3.63) is 28.3 Å². The number of hydrogen-bond donors (Lipinski definition) is 1. The van der Waals surface area contributed by atoms with Gasteiger partial charge in [-0.05, 0) is 56.7 Å². The third-order valence-electron chi connectivity index (χ3n) is 5.17. The second-order valence-electron chi connectivity index (χ2n) is 6.73. The molecule has 1 heterocycles. The van der Waals surface area contributed by atoms with E-state index < -0.39 is 0 Å². The maximum atomic E-state index is 7.00. The molecular weight excluding hydrogens is 260 g/mol. The molecule has 2 rings (SSSR count). The van der Waals surface area contributed by atoms with Gasteiger partial charge in [-0.25, -0.2) is 0 Å². The van der Waals surface area contributed by atoms with Crippen molar-refractivity contribution in [2.24, 2.45) is 5.92 Å². The molecule has 0 saturated carbocycles. The molecule has 0 amide bonds. The highest BCUT2D eigenvalue weighted by molar-refractivity contribution is 5.55. The molecule has 0 bridgehead atoms. The third-order valence-corrected chi connectivity index (χ3v) is 5.17. The lowest BCUT2D eigenvalue weighted by Gasteiger charge is -2.31. The summed E-state index contributed by atoms with van der Waals surface area (Å²) in [7, 11) is 1.00. The van der Waals surface area contributed by atoms with E-state index in [-0.39, 0.29) is 5.60 Å². The van der Waals surface area contributed by atoms with Gasteiger partial charge in [0.25, 0.3) is 0 Å². The first-order chi connectivity index (χ1) is 9.80. The van der Waals surface area contributed by atoms with Gasteiger partial charge >= 0.3 is 0 Å². The van der Waals surface area contributed by atoms with E-state index in [1.807, 2.05) is 0 Å². The van der Waals surface area contributed by atoms with Crippen molar-refractivity contribution >= 4 is 0 Å². The molecule has 2 nitrogen and oxygen atoms in total. The number of hydrogen-bond acceptors (Lipinski definition) is 2. The molecule has 0 fully saturated rings. The summed E-state index contributed by atoms with van der Waals surface area (Å²) in [6, 6.07) is 2.31. The van der Waals surface area contributed by atoms with Gasteiger partial charge in [-0.3, -0.25) is 0 Å². The van der Waals surface area contributed by atoms with Crippen molar-refractivity contribution in [1.82, 2.24) is 0 Å². The highest BCUT2D eigenvalue weighted by atomic mass is 16.5. The maximum absolute atomic E-state index is 7.00. The normalized spacial score (nSPS) is 24.7. The van der Waals surface area contributed by atoms with E-state index in [0.717, 1.165) is 19.3 Å². The van der Waals surface area contributed by atoms with Crippen LogP contribution in [0.15, 0.2) is 6.07 Å². The van der Waals surface area contributed by atoms with Crippen LogP contribution in [0.4, 0.5) is 0 Å². The summed E-state index contributed by atoms with van der Waals surface area (Å²) in [5.41, 5.74) is 5.45. The Labute approximate surface area is 130 Å². The lowest BCUT2D eigenvalue weighted by molar-refractivity contribution is 0.0659. The monoisotopic (exact) mass is 292 g/mol. The van der Waals surface area contributed by atoms with Crippen LogP contribution in [-0.2, 0) is 0 Å². The summed E-state index contributed by atoms with van der Waals surface area (Å²) in [4.78, 5) is 0. The van der Waals surface area contributed by atoms with E-state index in [9.17, 15) is 0 Å². The molecule has 2 heteroatoms. The first kappa shape index (κ1) is 18.0. The van der Waals surface area contributed by atoms with E-state index >= 15 is 0 Å². The van der Waals surface area contributed by atoms with Crippen molar-refractivity contribution in [2.75, 3.05) is 7.11 Å². The number of ether oxygens (including phenoxy) is 1. The van der Waals surface area contributed by atoms with Crippen molar-refractivity contribution in [1.29, 1.82) is 0 Å². The molecule has 0 radical (unpaired) electrons. The van der Waals surface area contributed by atoms with Crippen LogP contribution in [-0.4, -0.2) is 17.8 Å². The molecule has 3 atom stereocenters. The minimum Gasteiger partial charge on any atom is -0.486 e. The van der Waals surface area contributed by atoms with Gasteiger partial charge in [0, 0.05) is 18.6 Å². The molecule has 0 aromatic heterocycles. The summed E-state index contributed by atoms with van der Waals surface area (Å²) < 4.78 is 6.47. The van der Waals surface area contributed by atoms with E-state index in [0.29, 0.717) is 11.8 Å². The predicted molar refractivity (Wildman–Crippen MR) is 90.3 cm³/mol. The van der Waals surface area contributed by atoms with Crippen LogP contribution in [0, 0.1) is 26.7 Å². The van der Waals surface area contributed by atoms with Crippen LogP contribution >= 0.6 is 0 Å². The first-order valence-corrected chi connectivity index (χ1v) is 8.04. The third kappa shape index (κ3) is 3.26. The number of aliphatic hydroxyl groups excluding tert-OH is 1. The molecule has 1 N–H and O–H groups in total. The van der Waals surface area contributed by atoms with Crippen LogP contribution in [0.2, 0.25) is 0 Å². The SMILES string of the molecule is CCC(C)CC1(C)Oc2c(C)c(C)cc(C)c2[C@H]1C.CO. The molecule has 0 spiro atoms. The molecule has 120 valence electrons. The number of fused-ring (bicyclic) bond motifs is 1. The van der Waals surface area contributed by atoms with Crippen LogP contribution in [0.25, 0.3) is 0 Å². The van der Waals surface area contributed by atoms with Gasteiger partial charge in [-0.2, -0.15) is 0 Å².